The van der Waals surface area contributed by atoms with Gasteiger partial charge in [-0.1, -0.05) is 53.5 Å². The van der Waals surface area contributed by atoms with E-state index in [1.165, 1.54) is 24.2 Å². The first-order valence-corrected chi connectivity index (χ1v) is 10.7. The van der Waals surface area contributed by atoms with E-state index in [2.05, 4.69) is 67.6 Å². The molecule has 0 amide bonds. The van der Waals surface area contributed by atoms with Crippen molar-refractivity contribution in [3.63, 3.8) is 0 Å². The topological polar surface area (TPSA) is 32.5 Å². The molecule has 0 aliphatic carbocycles. The zero-order valence-electron chi connectivity index (χ0n) is 20.3. The van der Waals surface area contributed by atoms with Gasteiger partial charge in [0.15, 0.2) is 0 Å². The highest BCUT2D eigenvalue weighted by Gasteiger charge is 2.06. The molecule has 1 rings (SSSR count). The summed E-state index contributed by atoms with van der Waals surface area (Å²) in [6.07, 6.45) is 4.28. The van der Waals surface area contributed by atoms with Crippen LogP contribution in [-0.4, -0.2) is 20.1 Å². The van der Waals surface area contributed by atoms with Crippen LogP contribution in [0.2, 0.25) is 0 Å². The van der Waals surface area contributed by atoms with Crippen LogP contribution in [0, 0.1) is 0 Å². The Kier molecular flexibility index (Phi) is 16.4. The van der Waals surface area contributed by atoms with Crippen molar-refractivity contribution in [3.05, 3.63) is 72.6 Å². The van der Waals surface area contributed by atoms with Crippen molar-refractivity contribution in [2.75, 3.05) is 29.9 Å². The number of hydrogen-bond acceptors (Lipinski definition) is 3. The minimum atomic E-state index is 0.588. The lowest BCUT2D eigenvalue weighted by atomic mass is 10.1. The Morgan fingerprint density at radius 2 is 1.34 bits per heavy atom. The van der Waals surface area contributed by atoms with Crippen LogP contribution in [0.25, 0.3) is 0 Å². The van der Waals surface area contributed by atoms with Gasteiger partial charge in [0.1, 0.15) is 0 Å². The first-order valence-electron chi connectivity index (χ1n) is 10.7. The predicted molar refractivity (Wildman–Crippen MR) is 136 cm³/mol. The minimum Gasteiger partial charge on any atom is -0.399 e. The predicted octanol–water partition coefficient (Wildman–Crippen LogP) is 7.29. The summed E-state index contributed by atoms with van der Waals surface area (Å²) in [5.74, 6) is 0. The molecule has 1 aromatic rings. The van der Waals surface area contributed by atoms with Crippen LogP contribution in [0.3, 0.4) is 0 Å². The maximum atomic E-state index is 5.42. The van der Waals surface area contributed by atoms with Gasteiger partial charge in [0, 0.05) is 42.9 Å². The molecule has 164 valence electrons. The summed E-state index contributed by atoms with van der Waals surface area (Å²) in [5.41, 5.74) is 11.5. The third kappa shape index (κ3) is 11.2. The Bertz CT molecular complexity index is 616. The van der Waals surface area contributed by atoms with Crippen molar-refractivity contribution in [2.24, 2.45) is 5.73 Å². The summed E-state index contributed by atoms with van der Waals surface area (Å²) in [4.78, 5) is 4.55. The highest BCUT2D eigenvalue weighted by Crippen LogP contribution is 2.22. The molecule has 0 aliphatic rings. The molecule has 1 aromatic carbocycles. The van der Waals surface area contributed by atoms with E-state index in [-0.39, 0.29) is 0 Å². The molecule has 2 N–H and O–H groups in total. The van der Waals surface area contributed by atoms with Gasteiger partial charge in [0.25, 0.3) is 0 Å². The Morgan fingerprint density at radius 3 is 1.59 bits per heavy atom. The lowest BCUT2D eigenvalue weighted by Crippen LogP contribution is -2.24. The Labute approximate surface area is 181 Å². The molecule has 29 heavy (non-hydrogen) atoms. The monoisotopic (exact) mass is 399 g/mol. The molecule has 0 saturated carbocycles. The molecule has 3 heteroatoms. The van der Waals surface area contributed by atoms with E-state index in [0.29, 0.717) is 5.70 Å². The van der Waals surface area contributed by atoms with Gasteiger partial charge in [-0.25, -0.2) is 0 Å². The SMILES string of the molecule is C=C(C)/C(=C/C)C(=C)N.C=C(C)N(C)c1ccc(N(CCC)CCC)cc1.CC. The van der Waals surface area contributed by atoms with E-state index in [9.17, 15) is 0 Å². The summed E-state index contributed by atoms with van der Waals surface area (Å²) >= 11 is 0. The maximum Gasteiger partial charge on any atom is 0.0406 e. The van der Waals surface area contributed by atoms with Crippen LogP contribution in [0.4, 0.5) is 11.4 Å². The van der Waals surface area contributed by atoms with E-state index < -0.39 is 0 Å². The minimum absolute atomic E-state index is 0.588. The largest absolute Gasteiger partial charge is 0.399 e. The highest BCUT2D eigenvalue weighted by atomic mass is 15.1. The molecule has 0 atom stereocenters. The third-order valence-electron chi connectivity index (χ3n) is 4.26. The standard InChI is InChI=1S/C16H26N2.C8H13N.C2H6/c1-6-12-18(13-7-2)16-10-8-15(9-11-16)17(5)14(3)4;1-5-8(6(2)3)7(4)9;1-2/h8-11H,3,6-7,12-13H2,1-2,4-5H3;5H,2,4,9H2,1,3H3;1-2H3/b;8-5-;. The zero-order chi connectivity index (χ0) is 23.0. The quantitative estimate of drug-likeness (QED) is 0.442. The van der Waals surface area contributed by atoms with Gasteiger partial charge in [-0.2, -0.15) is 0 Å². The Morgan fingerprint density at radius 1 is 0.931 bits per heavy atom. The Hall–Kier alpha value is -2.42. The summed E-state index contributed by atoms with van der Waals surface area (Å²) < 4.78 is 0. The second kappa shape index (κ2) is 16.5. The first kappa shape index (κ1) is 28.8. The molecular weight excluding hydrogens is 354 g/mol. The average molecular weight is 400 g/mol. The average Bonchev–Trinajstić information content (AvgIpc) is 2.69. The van der Waals surface area contributed by atoms with E-state index in [4.69, 9.17) is 5.73 Å². The van der Waals surface area contributed by atoms with Crippen molar-refractivity contribution >= 4 is 11.4 Å². The van der Waals surface area contributed by atoms with Gasteiger partial charge in [0.05, 0.1) is 0 Å². The van der Waals surface area contributed by atoms with Crippen molar-refractivity contribution < 1.29 is 0 Å². The van der Waals surface area contributed by atoms with Gasteiger partial charge >= 0.3 is 0 Å². The molecule has 0 saturated heterocycles. The number of anilines is 2. The smallest absolute Gasteiger partial charge is 0.0406 e. The van der Waals surface area contributed by atoms with Crippen LogP contribution in [0.1, 0.15) is 61.3 Å². The summed E-state index contributed by atoms with van der Waals surface area (Å²) in [6.45, 7) is 27.9. The summed E-state index contributed by atoms with van der Waals surface area (Å²) in [7, 11) is 2.05. The van der Waals surface area contributed by atoms with Gasteiger partial charge in [-0.3, -0.25) is 0 Å². The number of hydrogen-bond donors (Lipinski definition) is 1. The Balaban J connectivity index is 0. The van der Waals surface area contributed by atoms with Crippen LogP contribution in [0.5, 0.6) is 0 Å². The first-order chi connectivity index (χ1) is 13.7. The van der Waals surface area contributed by atoms with Crippen LogP contribution in [0.15, 0.2) is 72.6 Å². The second-order valence-corrected chi connectivity index (χ2v) is 6.81. The molecule has 0 spiro atoms. The molecular formula is C26H45N3. The third-order valence-corrected chi connectivity index (χ3v) is 4.26. The lowest BCUT2D eigenvalue weighted by Gasteiger charge is -2.25. The van der Waals surface area contributed by atoms with Crippen LogP contribution >= 0.6 is 0 Å². The zero-order valence-corrected chi connectivity index (χ0v) is 20.3. The molecule has 3 nitrogen and oxygen atoms in total. The highest BCUT2D eigenvalue weighted by molar-refractivity contribution is 5.58. The number of nitrogens with zero attached hydrogens (tertiary/aromatic N) is 2. The van der Waals surface area contributed by atoms with Gasteiger partial charge in [-0.15, -0.1) is 0 Å². The molecule has 0 bridgehead atoms. The second-order valence-electron chi connectivity index (χ2n) is 6.81. The maximum absolute atomic E-state index is 5.42. The fourth-order valence-corrected chi connectivity index (χ4v) is 2.72. The van der Waals surface area contributed by atoms with Crippen LogP contribution < -0.4 is 15.5 Å². The molecule has 0 fully saturated rings. The lowest BCUT2D eigenvalue weighted by molar-refractivity contribution is 0.745. The van der Waals surface area contributed by atoms with Crippen molar-refractivity contribution in [2.45, 2.75) is 61.3 Å². The molecule has 0 aromatic heterocycles. The van der Waals surface area contributed by atoms with E-state index in [1.807, 2.05) is 47.7 Å². The molecule has 0 unspecified atom stereocenters. The normalized spacial score (nSPS) is 10.0. The fourth-order valence-electron chi connectivity index (χ4n) is 2.72. The fraction of sp³-hybridized carbons (Fsp3) is 0.462. The number of benzene rings is 1. The number of allylic oxidation sites excluding steroid dienone is 3. The van der Waals surface area contributed by atoms with Crippen molar-refractivity contribution in [1.82, 2.24) is 0 Å². The number of nitrogens with two attached hydrogens (primary N) is 1. The van der Waals surface area contributed by atoms with Gasteiger partial charge < -0.3 is 15.5 Å². The van der Waals surface area contributed by atoms with Crippen molar-refractivity contribution in [1.29, 1.82) is 0 Å². The number of rotatable bonds is 9. The van der Waals surface area contributed by atoms with Crippen molar-refractivity contribution in [3.8, 4) is 0 Å². The van der Waals surface area contributed by atoms with E-state index in [1.54, 1.807) is 0 Å². The molecule has 0 heterocycles. The van der Waals surface area contributed by atoms with E-state index in [0.717, 1.165) is 29.9 Å². The molecule has 0 aliphatic heterocycles. The van der Waals surface area contributed by atoms with Gasteiger partial charge in [0.2, 0.25) is 0 Å². The summed E-state index contributed by atoms with van der Waals surface area (Å²) in [5, 5.41) is 0. The van der Waals surface area contributed by atoms with Gasteiger partial charge in [-0.05, 0) is 69.0 Å². The van der Waals surface area contributed by atoms with Crippen LogP contribution in [-0.2, 0) is 0 Å². The molecule has 0 radical (unpaired) electrons. The summed E-state index contributed by atoms with van der Waals surface area (Å²) in [6, 6.07) is 8.75. The van der Waals surface area contributed by atoms with E-state index >= 15 is 0 Å².